The zero-order chi connectivity index (χ0) is 15.2. The van der Waals surface area contributed by atoms with E-state index in [-0.39, 0.29) is 0 Å². The SMILES string of the molecule is CCN(Cc1ccc(CNC(C)C)o1)c1cccc(C)c1. The first-order valence-corrected chi connectivity index (χ1v) is 7.71. The molecule has 0 amide bonds. The number of nitrogens with zero attached hydrogens (tertiary/aromatic N) is 1. The average Bonchev–Trinajstić information content (AvgIpc) is 2.90. The normalized spacial score (nSPS) is 11.1. The van der Waals surface area contributed by atoms with Crippen molar-refractivity contribution in [2.75, 3.05) is 11.4 Å². The van der Waals surface area contributed by atoms with Crippen molar-refractivity contribution in [1.82, 2.24) is 5.32 Å². The molecule has 0 aliphatic carbocycles. The van der Waals surface area contributed by atoms with Crippen LogP contribution in [-0.2, 0) is 13.1 Å². The van der Waals surface area contributed by atoms with E-state index in [1.165, 1.54) is 11.3 Å². The Balaban J connectivity index is 2.02. The molecule has 0 saturated heterocycles. The highest BCUT2D eigenvalue weighted by molar-refractivity contribution is 5.48. The Kier molecular flexibility index (Phi) is 5.45. The van der Waals surface area contributed by atoms with Crippen molar-refractivity contribution in [3.8, 4) is 0 Å². The summed E-state index contributed by atoms with van der Waals surface area (Å²) in [6.07, 6.45) is 0. The molecule has 1 heterocycles. The number of anilines is 1. The van der Waals surface area contributed by atoms with Crippen LogP contribution in [0, 0.1) is 6.92 Å². The van der Waals surface area contributed by atoms with Gasteiger partial charge in [0.1, 0.15) is 11.5 Å². The van der Waals surface area contributed by atoms with E-state index in [1.54, 1.807) is 0 Å². The van der Waals surface area contributed by atoms with Crippen molar-refractivity contribution in [2.24, 2.45) is 0 Å². The fourth-order valence-electron chi connectivity index (χ4n) is 2.31. The zero-order valence-electron chi connectivity index (χ0n) is 13.5. The second-order valence-corrected chi connectivity index (χ2v) is 5.76. The Bertz CT molecular complexity index is 560. The highest BCUT2D eigenvalue weighted by Crippen LogP contribution is 2.19. The number of hydrogen-bond acceptors (Lipinski definition) is 3. The van der Waals surface area contributed by atoms with Crippen LogP contribution in [0.25, 0.3) is 0 Å². The van der Waals surface area contributed by atoms with Crippen molar-refractivity contribution in [1.29, 1.82) is 0 Å². The summed E-state index contributed by atoms with van der Waals surface area (Å²) in [7, 11) is 0. The second-order valence-electron chi connectivity index (χ2n) is 5.76. The molecule has 1 N–H and O–H groups in total. The molecule has 0 aliphatic rings. The van der Waals surface area contributed by atoms with Gasteiger partial charge in [0, 0.05) is 18.3 Å². The smallest absolute Gasteiger partial charge is 0.123 e. The average molecular weight is 286 g/mol. The van der Waals surface area contributed by atoms with Gasteiger partial charge >= 0.3 is 0 Å². The van der Waals surface area contributed by atoms with Gasteiger partial charge in [0.15, 0.2) is 0 Å². The predicted octanol–water partition coefficient (Wildman–Crippen LogP) is 4.11. The van der Waals surface area contributed by atoms with Gasteiger partial charge in [-0.25, -0.2) is 0 Å². The summed E-state index contributed by atoms with van der Waals surface area (Å²) in [6, 6.07) is 13.2. The number of furan rings is 1. The summed E-state index contributed by atoms with van der Waals surface area (Å²) in [5, 5.41) is 3.37. The minimum absolute atomic E-state index is 0.470. The third-order valence-corrected chi connectivity index (χ3v) is 3.50. The summed E-state index contributed by atoms with van der Waals surface area (Å²) in [4.78, 5) is 2.32. The summed E-state index contributed by atoms with van der Waals surface area (Å²) < 4.78 is 5.91. The lowest BCUT2D eigenvalue weighted by Gasteiger charge is -2.22. The molecule has 0 radical (unpaired) electrons. The Hall–Kier alpha value is -1.74. The molecule has 3 nitrogen and oxygen atoms in total. The summed E-state index contributed by atoms with van der Waals surface area (Å²) in [5.41, 5.74) is 2.53. The lowest BCUT2D eigenvalue weighted by atomic mass is 10.2. The van der Waals surface area contributed by atoms with Crippen molar-refractivity contribution < 1.29 is 4.42 Å². The van der Waals surface area contributed by atoms with Crippen molar-refractivity contribution in [2.45, 2.75) is 46.8 Å². The molecule has 0 atom stereocenters. The predicted molar refractivity (Wildman–Crippen MR) is 88.6 cm³/mol. The maximum atomic E-state index is 5.91. The fraction of sp³-hybridized carbons (Fsp3) is 0.444. The molecule has 2 aromatic rings. The van der Waals surface area contributed by atoms with E-state index in [0.717, 1.165) is 31.2 Å². The van der Waals surface area contributed by atoms with E-state index in [4.69, 9.17) is 4.42 Å². The molecule has 21 heavy (non-hydrogen) atoms. The first-order chi connectivity index (χ1) is 10.1. The zero-order valence-corrected chi connectivity index (χ0v) is 13.5. The molecule has 0 unspecified atom stereocenters. The molecule has 0 saturated carbocycles. The van der Waals surface area contributed by atoms with Gasteiger partial charge in [0.25, 0.3) is 0 Å². The maximum absolute atomic E-state index is 5.91. The third kappa shape index (κ3) is 4.64. The van der Waals surface area contributed by atoms with Gasteiger partial charge < -0.3 is 14.6 Å². The number of aryl methyl sites for hydroxylation is 1. The minimum Gasteiger partial charge on any atom is -0.463 e. The van der Waals surface area contributed by atoms with Crippen molar-refractivity contribution in [3.05, 3.63) is 53.5 Å². The molecular formula is C18H26N2O. The molecule has 1 aromatic heterocycles. The summed E-state index contributed by atoms with van der Waals surface area (Å²) >= 11 is 0. The Morgan fingerprint density at radius 3 is 2.57 bits per heavy atom. The quantitative estimate of drug-likeness (QED) is 0.830. The number of benzene rings is 1. The van der Waals surface area contributed by atoms with E-state index < -0.39 is 0 Å². The van der Waals surface area contributed by atoms with Crippen LogP contribution in [0.4, 0.5) is 5.69 Å². The molecule has 0 spiro atoms. The molecule has 2 rings (SSSR count). The van der Waals surface area contributed by atoms with E-state index in [0.29, 0.717) is 6.04 Å². The first-order valence-electron chi connectivity index (χ1n) is 7.71. The van der Waals surface area contributed by atoms with Gasteiger partial charge in [-0.3, -0.25) is 0 Å². The Labute approximate surface area is 128 Å². The highest BCUT2D eigenvalue weighted by atomic mass is 16.3. The highest BCUT2D eigenvalue weighted by Gasteiger charge is 2.09. The summed E-state index contributed by atoms with van der Waals surface area (Å²) in [5.74, 6) is 2.01. The van der Waals surface area contributed by atoms with Crippen LogP contribution >= 0.6 is 0 Å². The number of nitrogens with one attached hydrogen (secondary N) is 1. The lowest BCUT2D eigenvalue weighted by molar-refractivity contribution is 0.433. The second kappa shape index (κ2) is 7.32. The van der Waals surface area contributed by atoms with E-state index in [2.05, 4.69) is 74.3 Å². The van der Waals surface area contributed by atoms with Gasteiger partial charge in [-0.05, 0) is 43.7 Å². The Morgan fingerprint density at radius 2 is 1.90 bits per heavy atom. The number of hydrogen-bond donors (Lipinski definition) is 1. The Morgan fingerprint density at radius 1 is 1.14 bits per heavy atom. The van der Waals surface area contributed by atoms with Crippen LogP contribution in [0.3, 0.4) is 0 Å². The van der Waals surface area contributed by atoms with Gasteiger partial charge in [-0.1, -0.05) is 26.0 Å². The van der Waals surface area contributed by atoms with Gasteiger partial charge in [0.05, 0.1) is 13.1 Å². The molecule has 3 heteroatoms. The third-order valence-electron chi connectivity index (χ3n) is 3.50. The molecule has 0 fully saturated rings. The molecular weight excluding hydrogens is 260 g/mol. The van der Waals surface area contributed by atoms with Crippen LogP contribution < -0.4 is 10.2 Å². The fourth-order valence-corrected chi connectivity index (χ4v) is 2.31. The number of rotatable bonds is 7. The lowest BCUT2D eigenvalue weighted by Crippen LogP contribution is -2.22. The topological polar surface area (TPSA) is 28.4 Å². The van der Waals surface area contributed by atoms with E-state index in [1.807, 2.05) is 0 Å². The van der Waals surface area contributed by atoms with E-state index >= 15 is 0 Å². The molecule has 1 aromatic carbocycles. The minimum atomic E-state index is 0.470. The maximum Gasteiger partial charge on any atom is 0.123 e. The summed E-state index contributed by atoms with van der Waals surface area (Å²) in [6.45, 7) is 11.1. The van der Waals surface area contributed by atoms with Crippen LogP contribution in [0.1, 0.15) is 37.9 Å². The first kappa shape index (κ1) is 15.6. The van der Waals surface area contributed by atoms with Crippen molar-refractivity contribution >= 4 is 5.69 Å². The molecule has 0 bridgehead atoms. The molecule has 0 aliphatic heterocycles. The van der Waals surface area contributed by atoms with E-state index in [9.17, 15) is 0 Å². The van der Waals surface area contributed by atoms with Crippen LogP contribution in [0.5, 0.6) is 0 Å². The van der Waals surface area contributed by atoms with Crippen molar-refractivity contribution in [3.63, 3.8) is 0 Å². The molecule has 114 valence electrons. The van der Waals surface area contributed by atoms with Gasteiger partial charge in [-0.15, -0.1) is 0 Å². The van der Waals surface area contributed by atoms with Crippen LogP contribution in [0.2, 0.25) is 0 Å². The van der Waals surface area contributed by atoms with Gasteiger partial charge in [-0.2, -0.15) is 0 Å². The largest absolute Gasteiger partial charge is 0.463 e. The van der Waals surface area contributed by atoms with Gasteiger partial charge in [0.2, 0.25) is 0 Å². The van der Waals surface area contributed by atoms with Crippen LogP contribution in [0.15, 0.2) is 40.8 Å². The van der Waals surface area contributed by atoms with Crippen LogP contribution in [-0.4, -0.2) is 12.6 Å². The standard InChI is InChI=1S/C18H26N2O/c1-5-20(16-8-6-7-15(4)11-16)13-18-10-9-17(21-18)12-19-14(2)3/h6-11,14,19H,5,12-13H2,1-4H3. The monoisotopic (exact) mass is 286 g/mol.